The molecule has 1 nitrogen and oxygen atoms in total. The Kier molecular flexibility index (Phi) is 4.00. The Morgan fingerprint density at radius 2 is 2.00 bits per heavy atom. The highest BCUT2D eigenvalue weighted by Crippen LogP contribution is 2.29. The molecule has 2 rings (SSSR count). The monoisotopic (exact) mass is 217 g/mol. The van der Waals surface area contributed by atoms with E-state index in [1.807, 2.05) is 0 Å². The minimum Gasteiger partial charge on any atom is -0.307 e. The van der Waals surface area contributed by atoms with Gasteiger partial charge < -0.3 is 5.32 Å². The third-order valence-electron chi connectivity index (χ3n) is 3.95. The molecule has 0 aliphatic heterocycles. The first kappa shape index (κ1) is 11.7. The maximum absolute atomic E-state index is 3.80. The molecule has 0 heterocycles. The van der Waals surface area contributed by atoms with E-state index < -0.39 is 0 Å². The molecule has 16 heavy (non-hydrogen) atoms. The quantitative estimate of drug-likeness (QED) is 0.806. The lowest BCUT2D eigenvalue weighted by Crippen LogP contribution is -2.34. The van der Waals surface area contributed by atoms with Gasteiger partial charge in [0, 0.05) is 12.1 Å². The Hall–Kier alpha value is -0.820. The largest absolute Gasteiger partial charge is 0.307 e. The second-order valence-electron chi connectivity index (χ2n) is 5.00. The van der Waals surface area contributed by atoms with Crippen LogP contribution in [0.3, 0.4) is 0 Å². The molecule has 1 aliphatic rings. The Morgan fingerprint density at radius 1 is 1.25 bits per heavy atom. The SMILES string of the molecule is CC[C@@H]1CCC[C@@H]1N[C@@H](C)c1ccccc1. The number of benzene rings is 1. The van der Waals surface area contributed by atoms with Gasteiger partial charge in [-0.05, 0) is 31.2 Å². The fourth-order valence-electron chi connectivity index (χ4n) is 2.90. The molecule has 3 atom stereocenters. The lowest BCUT2D eigenvalue weighted by molar-refractivity contribution is 0.360. The zero-order valence-electron chi connectivity index (χ0n) is 10.4. The lowest BCUT2D eigenvalue weighted by Gasteiger charge is -2.24. The second kappa shape index (κ2) is 5.49. The first-order valence-electron chi connectivity index (χ1n) is 6.62. The van der Waals surface area contributed by atoms with E-state index in [0.29, 0.717) is 6.04 Å². The molecule has 0 aromatic heterocycles. The number of hydrogen-bond acceptors (Lipinski definition) is 1. The van der Waals surface area contributed by atoms with E-state index >= 15 is 0 Å². The highest BCUT2D eigenvalue weighted by molar-refractivity contribution is 5.18. The summed E-state index contributed by atoms with van der Waals surface area (Å²) < 4.78 is 0. The van der Waals surface area contributed by atoms with Crippen molar-refractivity contribution in [2.45, 2.75) is 51.6 Å². The van der Waals surface area contributed by atoms with Gasteiger partial charge in [0.15, 0.2) is 0 Å². The molecule has 1 N–H and O–H groups in total. The van der Waals surface area contributed by atoms with E-state index in [-0.39, 0.29) is 0 Å². The molecule has 0 radical (unpaired) electrons. The molecule has 0 saturated heterocycles. The van der Waals surface area contributed by atoms with Crippen molar-refractivity contribution in [1.82, 2.24) is 5.32 Å². The summed E-state index contributed by atoms with van der Waals surface area (Å²) in [6.07, 6.45) is 5.49. The standard InChI is InChI=1S/C15H23N/c1-3-13-10-7-11-15(13)16-12(2)14-8-5-4-6-9-14/h4-6,8-9,12-13,15-16H,3,7,10-11H2,1-2H3/t12-,13+,15-/m0/s1. The van der Waals surface area contributed by atoms with Gasteiger partial charge in [0.1, 0.15) is 0 Å². The van der Waals surface area contributed by atoms with Crippen molar-refractivity contribution in [3.8, 4) is 0 Å². The zero-order valence-corrected chi connectivity index (χ0v) is 10.4. The van der Waals surface area contributed by atoms with Gasteiger partial charge in [0.25, 0.3) is 0 Å². The summed E-state index contributed by atoms with van der Waals surface area (Å²) in [7, 11) is 0. The highest BCUT2D eigenvalue weighted by atomic mass is 15.0. The van der Waals surface area contributed by atoms with Crippen molar-refractivity contribution >= 4 is 0 Å². The van der Waals surface area contributed by atoms with Crippen LogP contribution in [-0.4, -0.2) is 6.04 Å². The minimum atomic E-state index is 0.485. The molecule has 88 valence electrons. The van der Waals surface area contributed by atoms with Crippen molar-refractivity contribution in [3.05, 3.63) is 35.9 Å². The highest BCUT2D eigenvalue weighted by Gasteiger charge is 2.26. The summed E-state index contributed by atoms with van der Waals surface area (Å²) >= 11 is 0. The van der Waals surface area contributed by atoms with Gasteiger partial charge in [-0.1, -0.05) is 50.1 Å². The van der Waals surface area contributed by atoms with Gasteiger partial charge in [-0.3, -0.25) is 0 Å². The second-order valence-corrected chi connectivity index (χ2v) is 5.00. The molecule has 0 spiro atoms. The van der Waals surface area contributed by atoms with E-state index in [1.165, 1.54) is 31.2 Å². The summed E-state index contributed by atoms with van der Waals surface area (Å²) in [5.41, 5.74) is 1.41. The van der Waals surface area contributed by atoms with Crippen molar-refractivity contribution in [2.24, 2.45) is 5.92 Å². The normalized spacial score (nSPS) is 26.9. The van der Waals surface area contributed by atoms with Crippen LogP contribution in [0.4, 0.5) is 0 Å². The van der Waals surface area contributed by atoms with Crippen molar-refractivity contribution in [3.63, 3.8) is 0 Å². The molecule has 1 aliphatic carbocycles. The van der Waals surface area contributed by atoms with Crippen LogP contribution in [0.2, 0.25) is 0 Å². The van der Waals surface area contributed by atoms with Crippen LogP contribution in [0.1, 0.15) is 51.1 Å². The van der Waals surface area contributed by atoms with E-state index in [1.54, 1.807) is 0 Å². The Bertz CT molecular complexity index is 306. The number of rotatable bonds is 4. The van der Waals surface area contributed by atoms with Crippen LogP contribution in [0.5, 0.6) is 0 Å². The topological polar surface area (TPSA) is 12.0 Å². The molecule has 1 fully saturated rings. The van der Waals surface area contributed by atoms with Crippen LogP contribution >= 0.6 is 0 Å². The first-order chi connectivity index (χ1) is 7.81. The molecule has 1 heteroatoms. The van der Waals surface area contributed by atoms with Crippen LogP contribution in [0.15, 0.2) is 30.3 Å². The molecular weight excluding hydrogens is 194 g/mol. The summed E-state index contributed by atoms with van der Waals surface area (Å²) in [5, 5.41) is 3.80. The Balaban J connectivity index is 1.94. The predicted molar refractivity (Wildman–Crippen MR) is 69.4 cm³/mol. The average molecular weight is 217 g/mol. The lowest BCUT2D eigenvalue weighted by atomic mass is 9.98. The molecule has 0 unspecified atom stereocenters. The smallest absolute Gasteiger partial charge is 0.0294 e. The number of nitrogens with one attached hydrogen (secondary N) is 1. The van der Waals surface area contributed by atoms with Crippen LogP contribution in [0.25, 0.3) is 0 Å². The summed E-state index contributed by atoms with van der Waals surface area (Å²) in [6.45, 7) is 4.60. The summed E-state index contributed by atoms with van der Waals surface area (Å²) in [6, 6.07) is 12.0. The Morgan fingerprint density at radius 3 is 2.69 bits per heavy atom. The van der Waals surface area contributed by atoms with E-state index in [9.17, 15) is 0 Å². The van der Waals surface area contributed by atoms with Gasteiger partial charge in [-0.2, -0.15) is 0 Å². The van der Waals surface area contributed by atoms with E-state index in [2.05, 4.69) is 49.5 Å². The molecule has 1 aromatic rings. The number of hydrogen-bond donors (Lipinski definition) is 1. The summed E-state index contributed by atoms with van der Waals surface area (Å²) in [5.74, 6) is 0.895. The van der Waals surface area contributed by atoms with E-state index in [4.69, 9.17) is 0 Å². The fraction of sp³-hybridized carbons (Fsp3) is 0.600. The molecular formula is C15H23N. The van der Waals surface area contributed by atoms with Crippen molar-refractivity contribution < 1.29 is 0 Å². The molecule has 0 bridgehead atoms. The van der Waals surface area contributed by atoms with Gasteiger partial charge in [-0.25, -0.2) is 0 Å². The maximum atomic E-state index is 3.80. The van der Waals surface area contributed by atoms with Gasteiger partial charge in [0.05, 0.1) is 0 Å². The minimum absolute atomic E-state index is 0.485. The average Bonchev–Trinajstić information content (AvgIpc) is 2.77. The third-order valence-corrected chi connectivity index (χ3v) is 3.95. The zero-order chi connectivity index (χ0) is 11.4. The van der Waals surface area contributed by atoms with E-state index in [0.717, 1.165) is 12.0 Å². The van der Waals surface area contributed by atoms with Crippen LogP contribution in [-0.2, 0) is 0 Å². The van der Waals surface area contributed by atoms with Gasteiger partial charge in [-0.15, -0.1) is 0 Å². The fourth-order valence-corrected chi connectivity index (χ4v) is 2.90. The maximum Gasteiger partial charge on any atom is 0.0294 e. The van der Waals surface area contributed by atoms with Crippen LogP contribution < -0.4 is 5.32 Å². The van der Waals surface area contributed by atoms with Gasteiger partial charge in [0.2, 0.25) is 0 Å². The van der Waals surface area contributed by atoms with Gasteiger partial charge >= 0.3 is 0 Å². The van der Waals surface area contributed by atoms with Crippen LogP contribution in [0, 0.1) is 5.92 Å². The Labute approximate surface area is 99.3 Å². The predicted octanol–water partition coefficient (Wildman–Crippen LogP) is 3.92. The van der Waals surface area contributed by atoms with Crippen molar-refractivity contribution in [2.75, 3.05) is 0 Å². The van der Waals surface area contributed by atoms with Crippen molar-refractivity contribution in [1.29, 1.82) is 0 Å². The summed E-state index contributed by atoms with van der Waals surface area (Å²) in [4.78, 5) is 0. The third kappa shape index (κ3) is 2.65. The first-order valence-corrected chi connectivity index (χ1v) is 6.62. The molecule has 0 amide bonds. The molecule has 1 saturated carbocycles. The molecule has 1 aromatic carbocycles.